The van der Waals surface area contributed by atoms with E-state index in [1.54, 1.807) is 0 Å². The number of hydrogen-bond donors (Lipinski definition) is 2. The lowest BCUT2D eigenvalue weighted by atomic mass is 10.0. The predicted molar refractivity (Wildman–Crippen MR) is 203 cm³/mol. The van der Waals surface area contributed by atoms with Crippen LogP contribution in [0.2, 0.25) is 0 Å². The van der Waals surface area contributed by atoms with Gasteiger partial charge < -0.3 is 9.97 Å². The van der Waals surface area contributed by atoms with Crippen molar-refractivity contribution in [3.05, 3.63) is 168 Å². The van der Waals surface area contributed by atoms with Crippen molar-refractivity contribution in [3.63, 3.8) is 0 Å². The number of nitrogens with one attached hydrogen (secondary N) is 2. The van der Waals surface area contributed by atoms with Crippen molar-refractivity contribution in [3.8, 4) is 44.5 Å². The van der Waals surface area contributed by atoms with Crippen molar-refractivity contribution >= 4 is 46.4 Å². The van der Waals surface area contributed by atoms with E-state index in [1.165, 1.54) is 0 Å². The molecular weight excluding hydrogens is 604 g/mol. The minimum atomic E-state index is 0. The molecule has 0 fully saturated rings. The van der Waals surface area contributed by atoms with E-state index in [4.69, 9.17) is 9.97 Å². The van der Waals surface area contributed by atoms with Crippen LogP contribution in [0.3, 0.4) is 0 Å². The number of aromatic nitrogens is 4. The maximum atomic E-state index is 5.35. The summed E-state index contributed by atoms with van der Waals surface area (Å²) < 4.78 is 0. The molecule has 3 aromatic heterocycles. The highest BCUT2D eigenvalue weighted by Gasteiger charge is 2.18. The number of hydrogen-bond acceptors (Lipinski definition) is 2. The monoisotopic (exact) mass is 634 g/mol. The molecule has 2 aliphatic heterocycles. The number of fused-ring (bicyclic) bond motifs is 8. The summed E-state index contributed by atoms with van der Waals surface area (Å²) in [6, 6.07) is 50.7. The number of benzene rings is 4. The van der Waals surface area contributed by atoms with Crippen LogP contribution >= 0.6 is 0 Å². The number of nitrogens with zero attached hydrogens (tertiary/aromatic N) is 2. The first-order valence-corrected chi connectivity index (χ1v) is 16.2. The van der Waals surface area contributed by atoms with Crippen LogP contribution in [-0.4, -0.2) is 19.9 Å². The fraction of sp³-hybridized carbons (Fsp3) is 0. The summed E-state index contributed by atoms with van der Waals surface area (Å²) in [5, 5.41) is 0. The maximum absolute atomic E-state index is 5.35. The first-order valence-electron chi connectivity index (χ1n) is 16.2. The highest BCUT2D eigenvalue weighted by molar-refractivity contribution is 5.99. The molecule has 0 amide bonds. The summed E-state index contributed by atoms with van der Waals surface area (Å²) in [4.78, 5) is 18.3. The topological polar surface area (TPSA) is 57.4 Å². The second-order valence-corrected chi connectivity index (χ2v) is 12.0. The molecular formula is C44H31FN4. The third-order valence-electron chi connectivity index (χ3n) is 9.00. The molecule has 7 aromatic rings. The fourth-order valence-corrected chi connectivity index (χ4v) is 6.84. The molecule has 2 N–H and O–H groups in total. The van der Waals surface area contributed by atoms with E-state index in [-0.39, 0.29) is 4.70 Å². The molecule has 5 heterocycles. The van der Waals surface area contributed by atoms with Gasteiger partial charge in [-0.05, 0) is 70.8 Å². The minimum Gasteiger partial charge on any atom is -0.354 e. The van der Waals surface area contributed by atoms with Gasteiger partial charge in [0, 0.05) is 44.3 Å². The fourth-order valence-electron chi connectivity index (χ4n) is 6.84. The molecule has 49 heavy (non-hydrogen) atoms. The van der Waals surface area contributed by atoms with Crippen LogP contribution < -0.4 is 0 Å². The average Bonchev–Trinajstić information content (AvgIpc) is 3.98. The van der Waals surface area contributed by atoms with Gasteiger partial charge in [-0.2, -0.15) is 0 Å². The van der Waals surface area contributed by atoms with E-state index in [0.717, 1.165) is 89.4 Å². The third-order valence-corrected chi connectivity index (χ3v) is 9.00. The van der Waals surface area contributed by atoms with Gasteiger partial charge >= 0.3 is 0 Å². The summed E-state index contributed by atoms with van der Waals surface area (Å²) in [6.45, 7) is 0. The lowest BCUT2D eigenvalue weighted by Gasteiger charge is -2.07. The van der Waals surface area contributed by atoms with Crippen molar-refractivity contribution in [2.24, 2.45) is 0 Å². The van der Waals surface area contributed by atoms with Crippen LogP contribution in [0.25, 0.3) is 90.9 Å². The van der Waals surface area contributed by atoms with Crippen LogP contribution in [-0.2, 0) is 0 Å². The summed E-state index contributed by atoms with van der Waals surface area (Å²) in [6.07, 6.45) is 8.54. The van der Waals surface area contributed by atoms with Crippen molar-refractivity contribution < 1.29 is 4.70 Å². The number of H-pyrrole nitrogens is 2. The smallest absolute Gasteiger partial charge is 0.0737 e. The molecule has 0 atom stereocenters. The average molecular weight is 635 g/mol. The molecule has 2 aliphatic rings. The highest BCUT2D eigenvalue weighted by atomic mass is 19.0. The van der Waals surface area contributed by atoms with Gasteiger partial charge in [-0.3, -0.25) is 4.70 Å². The molecule has 8 bridgehead atoms. The maximum Gasteiger partial charge on any atom is 0.0737 e. The molecule has 0 aliphatic carbocycles. The minimum absolute atomic E-state index is 0. The Morgan fingerprint density at radius 2 is 0.510 bits per heavy atom. The van der Waals surface area contributed by atoms with Crippen molar-refractivity contribution in [1.82, 2.24) is 19.9 Å². The van der Waals surface area contributed by atoms with E-state index in [1.807, 2.05) is 24.3 Å². The lowest BCUT2D eigenvalue weighted by Crippen LogP contribution is -1.89. The van der Waals surface area contributed by atoms with Crippen molar-refractivity contribution in [2.75, 3.05) is 0 Å². The Hall–Kier alpha value is -6.59. The Balaban J connectivity index is 0.00000348. The Labute approximate surface area is 283 Å². The largest absolute Gasteiger partial charge is 0.354 e. The van der Waals surface area contributed by atoms with Crippen LogP contribution in [0.1, 0.15) is 22.8 Å². The Morgan fingerprint density at radius 3 is 0.735 bits per heavy atom. The van der Waals surface area contributed by atoms with Gasteiger partial charge in [-0.1, -0.05) is 121 Å². The van der Waals surface area contributed by atoms with Crippen LogP contribution in [0, 0.1) is 0 Å². The molecule has 234 valence electrons. The van der Waals surface area contributed by atoms with Crippen LogP contribution in [0.5, 0.6) is 0 Å². The molecule has 9 rings (SSSR count). The molecule has 0 saturated heterocycles. The lowest BCUT2D eigenvalue weighted by molar-refractivity contribution is 1.11. The predicted octanol–water partition coefficient (Wildman–Crippen LogP) is 11.5. The molecule has 4 aromatic carbocycles. The Kier molecular flexibility index (Phi) is 7.63. The zero-order valence-corrected chi connectivity index (χ0v) is 26.5. The number of aromatic amines is 2. The van der Waals surface area contributed by atoms with Gasteiger partial charge in [-0.25, -0.2) is 9.97 Å². The van der Waals surface area contributed by atoms with E-state index in [9.17, 15) is 0 Å². The van der Waals surface area contributed by atoms with E-state index >= 15 is 0 Å². The van der Waals surface area contributed by atoms with Crippen LogP contribution in [0.15, 0.2) is 146 Å². The zero-order valence-electron chi connectivity index (χ0n) is 26.5. The van der Waals surface area contributed by atoms with Gasteiger partial charge in [-0.15, -0.1) is 0 Å². The van der Waals surface area contributed by atoms with Gasteiger partial charge in [0.2, 0.25) is 0 Å². The summed E-state index contributed by atoms with van der Waals surface area (Å²) in [5.41, 5.74) is 16.2. The normalized spacial score (nSPS) is 11.8. The molecule has 5 heteroatoms. The number of halogens is 1. The summed E-state index contributed by atoms with van der Waals surface area (Å²) >= 11 is 0. The van der Waals surface area contributed by atoms with E-state index in [2.05, 4.69) is 156 Å². The molecule has 0 radical (unpaired) electrons. The quantitative estimate of drug-likeness (QED) is 0.202. The first-order chi connectivity index (χ1) is 23.8. The molecule has 0 saturated carbocycles. The Morgan fingerprint density at radius 1 is 0.286 bits per heavy atom. The second-order valence-electron chi connectivity index (χ2n) is 12.0. The van der Waals surface area contributed by atoms with Gasteiger partial charge in [0.15, 0.2) is 0 Å². The molecule has 4 nitrogen and oxygen atoms in total. The van der Waals surface area contributed by atoms with Gasteiger partial charge in [0.25, 0.3) is 0 Å². The Bertz CT molecular complexity index is 2180. The van der Waals surface area contributed by atoms with Gasteiger partial charge in [0.1, 0.15) is 0 Å². The standard InChI is InChI=1S/C44H30N4.FH/c1-5-13-29(14-6-1)41-33-21-23-35(45-33)42(30-15-7-2-8-16-30)37-25-27-39(47-37)44(32-19-11-4-12-20-32)40-28-26-38(48-40)43(31-17-9-3-10-18-31)36-24-22-34(41)46-36;/h1-28,45,48H;1H. The van der Waals surface area contributed by atoms with Crippen molar-refractivity contribution in [2.45, 2.75) is 0 Å². The highest BCUT2D eigenvalue weighted by Crippen LogP contribution is 2.38. The van der Waals surface area contributed by atoms with E-state index in [0.29, 0.717) is 0 Å². The second kappa shape index (κ2) is 12.5. The van der Waals surface area contributed by atoms with E-state index < -0.39 is 0 Å². The van der Waals surface area contributed by atoms with Crippen molar-refractivity contribution in [1.29, 1.82) is 0 Å². The molecule has 0 unspecified atom stereocenters. The SMILES string of the molecule is C1=Cc2nc1c(-c1ccccc1)c1ccc([nH]1)c(-c1ccccc1)c1nc(c(-c3ccccc3)c3ccc([nH]3)c2-c2ccccc2)C=C1.F. The first kappa shape index (κ1) is 29.8. The third kappa shape index (κ3) is 5.37. The van der Waals surface area contributed by atoms with Crippen LogP contribution in [0.4, 0.5) is 4.70 Å². The number of rotatable bonds is 4. The summed E-state index contributed by atoms with van der Waals surface area (Å²) in [5.74, 6) is 0. The zero-order chi connectivity index (χ0) is 31.9. The molecule has 0 spiro atoms. The summed E-state index contributed by atoms with van der Waals surface area (Å²) in [7, 11) is 0. The van der Waals surface area contributed by atoms with Gasteiger partial charge in [0.05, 0.1) is 22.8 Å².